The lowest BCUT2D eigenvalue weighted by molar-refractivity contribution is 0.0104. The Morgan fingerprint density at radius 2 is 1.74 bits per heavy atom. The van der Waals surface area contributed by atoms with Gasteiger partial charge in [-0.05, 0) is 80.3 Å². The second-order valence-corrected chi connectivity index (χ2v) is 14.1. The predicted octanol–water partition coefficient (Wildman–Crippen LogP) is 7.57. The minimum absolute atomic E-state index is 0.129. The van der Waals surface area contributed by atoms with Gasteiger partial charge >= 0.3 is 0 Å². The number of halogens is 2. The molecule has 2 saturated heterocycles. The average Bonchev–Trinajstić information content (AvgIpc) is 3.62. The van der Waals surface area contributed by atoms with Gasteiger partial charge in [0, 0.05) is 47.3 Å². The molecule has 6 rings (SSSR count). The summed E-state index contributed by atoms with van der Waals surface area (Å²) in [5.74, 6) is 0. The van der Waals surface area contributed by atoms with Gasteiger partial charge < -0.3 is 10.0 Å². The Kier molecular flexibility index (Phi) is 9.09. The highest BCUT2D eigenvalue weighted by Gasteiger charge is 2.46. The number of rotatable bonds is 9. The standard InChI is InChI=1S/C34H38Cl2N4O2S/c1-3-4-11-29(32(42)39-19-17-34(22-39)16-18-38(21-34)26-14-12-24(35)13-15-26)43-33-37-30-23(2)7-5-10-28(30)31(41)40(33)27-9-6-8-25(36)20-27/h5-10,12-15,20,29,32,42H,3-4,11,16-19,21-22H2,1-2H3. The van der Waals surface area contributed by atoms with Crippen molar-refractivity contribution in [2.45, 2.75) is 62.6 Å². The maximum atomic E-state index is 14.0. The Labute approximate surface area is 267 Å². The van der Waals surface area contributed by atoms with E-state index in [0.717, 1.165) is 68.9 Å². The lowest BCUT2D eigenvalue weighted by Gasteiger charge is -2.32. The smallest absolute Gasteiger partial charge is 0.266 e. The minimum atomic E-state index is -0.655. The number of nitrogens with zero attached hydrogens (tertiary/aromatic N) is 4. The van der Waals surface area contributed by atoms with E-state index in [-0.39, 0.29) is 16.2 Å². The van der Waals surface area contributed by atoms with Crippen LogP contribution < -0.4 is 10.5 Å². The Balaban J connectivity index is 1.29. The van der Waals surface area contributed by atoms with Crippen LogP contribution in [0.1, 0.15) is 44.6 Å². The summed E-state index contributed by atoms with van der Waals surface area (Å²) in [5.41, 5.74) is 3.55. The molecular formula is C34H38Cl2N4O2S. The first-order valence-corrected chi connectivity index (χ1v) is 16.8. The average molecular weight is 638 g/mol. The topological polar surface area (TPSA) is 61.6 Å². The van der Waals surface area contributed by atoms with Crippen LogP contribution in [-0.4, -0.2) is 57.2 Å². The van der Waals surface area contributed by atoms with E-state index in [9.17, 15) is 9.90 Å². The summed E-state index contributed by atoms with van der Waals surface area (Å²) in [7, 11) is 0. The van der Waals surface area contributed by atoms with Gasteiger partial charge in [-0.3, -0.25) is 14.3 Å². The van der Waals surface area contributed by atoms with Gasteiger partial charge in [0.25, 0.3) is 5.56 Å². The van der Waals surface area contributed by atoms with Crippen LogP contribution in [0.25, 0.3) is 16.6 Å². The lowest BCUT2D eigenvalue weighted by atomic mass is 9.86. The number of hydrogen-bond acceptors (Lipinski definition) is 6. The number of para-hydroxylation sites is 1. The van der Waals surface area contributed by atoms with Crippen LogP contribution >= 0.6 is 35.0 Å². The molecule has 0 aliphatic carbocycles. The number of unbranched alkanes of at least 4 members (excludes halogenated alkanes) is 1. The number of hydrogen-bond donors (Lipinski definition) is 1. The van der Waals surface area contributed by atoms with Crippen molar-refractivity contribution in [1.82, 2.24) is 14.5 Å². The molecule has 4 aromatic rings. The highest BCUT2D eigenvalue weighted by Crippen LogP contribution is 2.43. The third kappa shape index (κ3) is 6.34. The van der Waals surface area contributed by atoms with Crippen molar-refractivity contribution >= 4 is 51.6 Å². The molecule has 0 bridgehead atoms. The minimum Gasteiger partial charge on any atom is -0.377 e. The molecule has 2 aliphatic rings. The van der Waals surface area contributed by atoms with E-state index in [1.54, 1.807) is 16.7 Å². The molecule has 3 atom stereocenters. The quantitative estimate of drug-likeness (QED) is 0.151. The van der Waals surface area contributed by atoms with Crippen LogP contribution in [0.2, 0.25) is 10.0 Å². The Bertz CT molecular complexity index is 1660. The van der Waals surface area contributed by atoms with Gasteiger partial charge in [0.05, 0.1) is 21.8 Å². The van der Waals surface area contributed by atoms with Crippen LogP contribution in [-0.2, 0) is 0 Å². The third-order valence-corrected chi connectivity index (χ3v) is 10.8. The molecule has 0 amide bonds. The second-order valence-electron chi connectivity index (χ2n) is 12.1. The zero-order valence-corrected chi connectivity index (χ0v) is 27.0. The summed E-state index contributed by atoms with van der Waals surface area (Å²) < 4.78 is 1.66. The molecule has 3 unspecified atom stereocenters. The van der Waals surface area contributed by atoms with Crippen LogP contribution in [0.5, 0.6) is 0 Å². The number of aryl methyl sites for hydroxylation is 1. The van der Waals surface area contributed by atoms with Gasteiger partial charge in [-0.1, -0.05) is 72.9 Å². The number of anilines is 1. The van der Waals surface area contributed by atoms with Gasteiger partial charge in [0.2, 0.25) is 0 Å². The van der Waals surface area contributed by atoms with Crippen molar-refractivity contribution in [3.8, 4) is 5.69 Å². The van der Waals surface area contributed by atoms with Gasteiger partial charge in [0.15, 0.2) is 5.16 Å². The summed E-state index contributed by atoms with van der Waals surface area (Å²) in [5, 5.41) is 14.2. The summed E-state index contributed by atoms with van der Waals surface area (Å²) >= 11 is 14.0. The Morgan fingerprint density at radius 1 is 0.977 bits per heavy atom. The number of likely N-dealkylation sites (tertiary alicyclic amines) is 1. The fraction of sp³-hybridized carbons (Fsp3) is 0.412. The zero-order valence-electron chi connectivity index (χ0n) is 24.7. The maximum absolute atomic E-state index is 14.0. The van der Waals surface area contributed by atoms with Gasteiger partial charge in [0.1, 0.15) is 6.23 Å². The van der Waals surface area contributed by atoms with Crippen LogP contribution in [0.3, 0.4) is 0 Å². The van der Waals surface area contributed by atoms with Crippen molar-refractivity contribution in [3.63, 3.8) is 0 Å². The molecule has 9 heteroatoms. The van der Waals surface area contributed by atoms with E-state index < -0.39 is 6.23 Å². The van der Waals surface area contributed by atoms with Crippen LogP contribution in [0.15, 0.2) is 76.7 Å². The number of aromatic nitrogens is 2. The Morgan fingerprint density at radius 3 is 2.51 bits per heavy atom. The molecular weight excluding hydrogens is 599 g/mol. The van der Waals surface area contributed by atoms with E-state index in [2.05, 4.69) is 28.9 Å². The number of aliphatic hydroxyl groups excluding tert-OH is 1. The molecule has 226 valence electrons. The first-order valence-electron chi connectivity index (χ1n) is 15.1. The molecule has 2 fully saturated rings. The molecule has 3 aromatic carbocycles. The van der Waals surface area contributed by atoms with Crippen LogP contribution in [0.4, 0.5) is 5.69 Å². The molecule has 3 heterocycles. The number of fused-ring (bicyclic) bond motifs is 1. The van der Waals surface area contributed by atoms with Crippen LogP contribution in [0, 0.1) is 12.3 Å². The SMILES string of the molecule is CCCCC(Sc1nc2c(C)cccc2c(=O)n1-c1cccc(Cl)c1)C(O)N1CCC2(CCN(c3ccc(Cl)cc3)C2)C1. The normalized spacial score (nSPS) is 20.3. The Hall–Kier alpha value is -2.55. The van der Waals surface area contributed by atoms with Crippen molar-refractivity contribution in [3.05, 3.63) is 92.7 Å². The predicted molar refractivity (Wildman–Crippen MR) is 179 cm³/mol. The second kappa shape index (κ2) is 12.8. The van der Waals surface area contributed by atoms with Crippen molar-refractivity contribution in [1.29, 1.82) is 0 Å². The van der Waals surface area contributed by atoms with Gasteiger partial charge in [-0.2, -0.15) is 0 Å². The number of benzene rings is 3. The number of aliphatic hydroxyl groups is 1. The first-order chi connectivity index (χ1) is 20.8. The maximum Gasteiger partial charge on any atom is 0.266 e. The largest absolute Gasteiger partial charge is 0.377 e. The summed E-state index contributed by atoms with van der Waals surface area (Å²) in [6.45, 7) is 7.84. The van der Waals surface area contributed by atoms with Crippen molar-refractivity contribution in [2.75, 3.05) is 31.1 Å². The van der Waals surface area contributed by atoms with Crippen molar-refractivity contribution < 1.29 is 5.11 Å². The molecule has 2 aliphatic heterocycles. The zero-order chi connectivity index (χ0) is 30.1. The summed E-state index contributed by atoms with van der Waals surface area (Å²) in [6.07, 6.45) is 4.32. The summed E-state index contributed by atoms with van der Waals surface area (Å²) in [4.78, 5) is 23.7. The highest BCUT2D eigenvalue weighted by molar-refractivity contribution is 7.99. The van der Waals surface area contributed by atoms with Gasteiger partial charge in [-0.15, -0.1) is 0 Å². The molecule has 1 spiro atoms. The van der Waals surface area contributed by atoms with Gasteiger partial charge in [-0.25, -0.2) is 4.98 Å². The lowest BCUT2D eigenvalue weighted by Crippen LogP contribution is -2.43. The van der Waals surface area contributed by atoms with E-state index in [1.165, 1.54) is 17.4 Å². The van der Waals surface area contributed by atoms with Crippen molar-refractivity contribution in [2.24, 2.45) is 5.41 Å². The molecule has 1 aromatic heterocycles. The van der Waals surface area contributed by atoms with E-state index >= 15 is 0 Å². The molecule has 1 N–H and O–H groups in total. The van der Waals surface area contributed by atoms with E-state index in [0.29, 0.717) is 26.8 Å². The van der Waals surface area contributed by atoms with E-state index in [1.807, 2.05) is 49.4 Å². The molecule has 6 nitrogen and oxygen atoms in total. The fourth-order valence-corrected chi connectivity index (χ4v) is 8.23. The number of thioether (sulfide) groups is 1. The third-order valence-electron chi connectivity index (χ3n) is 9.04. The molecule has 0 radical (unpaired) electrons. The fourth-order valence-electron chi connectivity index (χ4n) is 6.64. The molecule has 43 heavy (non-hydrogen) atoms. The monoisotopic (exact) mass is 636 g/mol. The highest BCUT2D eigenvalue weighted by atomic mass is 35.5. The first kappa shape index (κ1) is 30.5. The molecule has 0 saturated carbocycles. The summed E-state index contributed by atoms with van der Waals surface area (Å²) in [6, 6.07) is 21.1. The van der Waals surface area contributed by atoms with E-state index in [4.69, 9.17) is 28.2 Å².